The van der Waals surface area contributed by atoms with Crippen LogP contribution in [0.15, 0.2) is 12.3 Å². The van der Waals surface area contributed by atoms with Crippen LogP contribution in [0.25, 0.3) is 0 Å². The zero-order valence-electron chi connectivity index (χ0n) is 8.09. The Kier molecular flexibility index (Phi) is 5.27. The maximum atomic E-state index is 11.3. The summed E-state index contributed by atoms with van der Waals surface area (Å²) in [5, 5.41) is 3.20. The van der Waals surface area contributed by atoms with Gasteiger partial charge in [-0.25, -0.2) is 4.98 Å². The molecule has 1 aromatic rings. The van der Waals surface area contributed by atoms with Crippen LogP contribution in [0, 0.1) is 3.57 Å². The van der Waals surface area contributed by atoms with Crippen molar-refractivity contribution in [1.82, 2.24) is 4.98 Å². The van der Waals surface area contributed by atoms with Crippen LogP contribution >= 0.6 is 34.2 Å². The van der Waals surface area contributed by atoms with E-state index in [1.165, 1.54) is 0 Å². The fourth-order valence-electron chi connectivity index (χ4n) is 0.883. The molecule has 0 aliphatic rings. The summed E-state index contributed by atoms with van der Waals surface area (Å²) in [6.45, 7) is 0.393. The summed E-state index contributed by atoms with van der Waals surface area (Å²) in [6.07, 6.45) is 1.91. The lowest BCUT2D eigenvalue weighted by molar-refractivity contribution is -0.117. The highest BCUT2D eigenvalue weighted by Crippen LogP contribution is 2.19. The number of amides is 1. The highest BCUT2D eigenvalue weighted by Gasteiger charge is 2.04. The molecule has 0 spiro atoms. The van der Waals surface area contributed by atoms with Crippen LogP contribution < -0.4 is 5.32 Å². The van der Waals surface area contributed by atoms with Gasteiger partial charge < -0.3 is 10.1 Å². The molecule has 0 unspecified atom stereocenters. The number of anilines is 1. The molecule has 6 heteroatoms. The second-order valence-electron chi connectivity index (χ2n) is 2.77. The fraction of sp³-hybridized carbons (Fsp3) is 0.333. The lowest BCUT2D eigenvalue weighted by atomic mass is 10.4. The molecule has 0 radical (unpaired) electrons. The van der Waals surface area contributed by atoms with E-state index in [0.29, 0.717) is 23.9 Å². The molecule has 0 saturated heterocycles. The number of nitrogens with one attached hydrogen (secondary N) is 1. The topological polar surface area (TPSA) is 51.2 Å². The van der Waals surface area contributed by atoms with E-state index in [9.17, 15) is 4.79 Å². The Morgan fingerprint density at radius 1 is 1.73 bits per heavy atom. The van der Waals surface area contributed by atoms with Crippen molar-refractivity contribution in [2.24, 2.45) is 0 Å². The minimum Gasteiger partial charge on any atom is -0.384 e. The van der Waals surface area contributed by atoms with Crippen molar-refractivity contribution in [2.45, 2.75) is 6.42 Å². The van der Waals surface area contributed by atoms with Crippen molar-refractivity contribution in [3.05, 3.63) is 20.9 Å². The molecule has 0 aliphatic heterocycles. The average molecular weight is 341 g/mol. The Morgan fingerprint density at radius 2 is 2.47 bits per heavy atom. The number of aromatic nitrogens is 1. The number of carbonyl (C=O) groups excluding carboxylic acids is 1. The van der Waals surface area contributed by atoms with Crippen molar-refractivity contribution < 1.29 is 9.53 Å². The second-order valence-corrected chi connectivity index (χ2v) is 4.34. The number of ether oxygens (including phenoxy) is 1. The molecule has 1 amide bonds. The van der Waals surface area contributed by atoms with Crippen molar-refractivity contribution in [3.8, 4) is 0 Å². The summed E-state index contributed by atoms with van der Waals surface area (Å²) < 4.78 is 5.64. The number of hydrogen-bond donors (Lipinski definition) is 1. The molecule has 15 heavy (non-hydrogen) atoms. The third-order valence-corrected chi connectivity index (χ3v) is 3.10. The van der Waals surface area contributed by atoms with Crippen LogP contribution in [0.3, 0.4) is 0 Å². The SMILES string of the molecule is COCCC(=O)Nc1cc(Cl)c(I)cn1. The van der Waals surface area contributed by atoms with Gasteiger partial charge in [-0.3, -0.25) is 4.79 Å². The first-order chi connectivity index (χ1) is 7.13. The first-order valence-corrected chi connectivity index (χ1v) is 5.69. The summed E-state index contributed by atoms with van der Waals surface area (Å²) >= 11 is 7.95. The number of pyridine rings is 1. The van der Waals surface area contributed by atoms with E-state index >= 15 is 0 Å². The van der Waals surface area contributed by atoms with Gasteiger partial charge in [0.15, 0.2) is 0 Å². The summed E-state index contributed by atoms with van der Waals surface area (Å²) in [4.78, 5) is 15.3. The maximum absolute atomic E-state index is 11.3. The number of methoxy groups -OCH3 is 1. The van der Waals surface area contributed by atoms with Crippen molar-refractivity contribution in [2.75, 3.05) is 19.0 Å². The first kappa shape index (κ1) is 12.7. The Hall–Kier alpha value is -0.400. The standard InChI is InChI=1S/C9H10ClIN2O2/c1-15-3-2-9(14)13-8-4-6(10)7(11)5-12-8/h4-5H,2-3H2,1H3,(H,12,13,14). The lowest BCUT2D eigenvalue weighted by Crippen LogP contribution is -2.14. The highest BCUT2D eigenvalue weighted by molar-refractivity contribution is 14.1. The molecule has 82 valence electrons. The Bertz CT molecular complexity index is 360. The third kappa shape index (κ3) is 4.31. The van der Waals surface area contributed by atoms with E-state index in [1.807, 2.05) is 0 Å². The Labute approximate surface area is 107 Å². The molecule has 1 rings (SSSR count). The van der Waals surface area contributed by atoms with Gasteiger partial charge in [-0.1, -0.05) is 11.6 Å². The fourth-order valence-corrected chi connectivity index (χ4v) is 1.33. The molecule has 4 nitrogen and oxygen atoms in total. The Morgan fingerprint density at radius 3 is 3.07 bits per heavy atom. The quantitative estimate of drug-likeness (QED) is 0.856. The summed E-state index contributed by atoms with van der Waals surface area (Å²) in [7, 11) is 1.55. The monoisotopic (exact) mass is 340 g/mol. The molecule has 0 aliphatic carbocycles. The van der Waals surface area contributed by atoms with Gasteiger partial charge in [0, 0.05) is 19.4 Å². The van der Waals surface area contributed by atoms with E-state index < -0.39 is 0 Å². The Balaban J connectivity index is 2.57. The smallest absolute Gasteiger partial charge is 0.227 e. The number of halogens is 2. The molecule has 0 atom stereocenters. The summed E-state index contributed by atoms with van der Waals surface area (Å²) in [5.74, 6) is 0.322. The minimum absolute atomic E-state index is 0.137. The highest BCUT2D eigenvalue weighted by atomic mass is 127. The van der Waals surface area contributed by atoms with Gasteiger partial charge in [0.05, 0.1) is 21.6 Å². The van der Waals surface area contributed by atoms with Gasteiger partial charge in [-0.2, -0.15) is 0 Å². The van der Waals surface area contributed by atoms with Crippen molar-refractivity contribution >= 4 is 45.9 Å². The number of rotatable bonds is 4. The van der Waals surface area contributed by atoms with Crippen molar-refractivity contribution in [1.29, 1.82) is 0 Å². The molecule has 0 aromatic carbocycles. The third-order valence-electron chi connectivity index (χ3n) is 1.61. The largest absolute Gasteiger partial charge is 0.384 e. The number of carbonyl (C=O) groups is 1. The van der Waals surface area contributed by atoms with Gasteiger partial charge in [-0.05, 0) is 22.6 Å². The molecule has 0 saturated carbocycles. The number of hydrogen-bond acceptors (Lipinski definition) is 3. The van der Waals surface area contributed by atoms with Gasteiger partial charge in [0.1, 0.15) is 5.82 Å². The van der Waals surface area contributed by atoms with Crippen LogP contribution in [-0.2, 0) is 9.53 Å². The second kappa shape index (κ2) is 6.24. The summed E-state index contributed by atoms with van der Waals surface area (Å²) in [6, 6.07) is 1.62. The van der Waals surface area contributed by atoms with Crippen LogP contribution in [-0.4, -0.2) is 24.6 Å². The van der Waals surface area contributed by atoms with Gasteiger partial charge >= 0.3 is 0 Å². The predicted octanol–water partition coefficient (Wildman–Crippen LogP) is 2.31. The molecule has 0 fully saturated rings. The zero-order chi connectivity index (χ0) is 11.3. The first-order valence-electron chi connectivity index (χ1n) is 4.23. The van der Waals surface area contributed by atoms with Gasteiger partial charge in [-0.15, -0.1) is 0 Å². The maximum Gasteiger partial charge on any atom is 0.227 e. The van der Waals surface area contributed by atoms with Crippen molar-refractivity contribution in [3.63, 3.8) is 0 Å². The van der Waals surface area contributed by atoms with E-state index in [4.69, 9.17) is 16.3 Å². The van der Waals surface area contributed by atoms with Crippen LogP contribution in [0.1, 0.15) is 6.42 Å². The predicted molar refractivity (Wildman–Crippen MR) is 67.1 cm³/mol. The van der Waals surface area contributed by atoms with Gasteiger partial charge in [0.2, 0.25) is 5.91 Å². The molecular weight excluding hydrogens is 330 g/mol. The number of nitrogens with zero attached hydrogens (tertiary/aromatic N) is 1. The molecule has 0 bridgehead atoms. The molecular formula is C9H10ClIN2O2. The molecule has 1 heterocycles. The average Bonchev–Trinajstić information content (AvgIpc) is 2.20. The lowest BCUT2D eigenvalue weighted by Gasteiger charge is -2.04. The van der Waals surface area contributed by atoms with E-state index in [-0.39, 0.29) is 5.91 Å². The normalized spacial score (nSPS) is 10.1. The van der Waals surface area contributed by atoms with Crippen LogP contribution in [0.5, 0.6) is 0 Å². The van der Waals surface area contributed by atoms with Gasteiger partial charge in [0.25, 0.3) is 0 Å². The van der Waals surface area contributed by atoms with E-state index in [1.54, 1.807) is 19.4 Å². The minimum atomic E-state index is -0.137. The van der Waals surface area contributed by atoms with E-state index in [2.05, 4.69) is 32.9 Å². The van der Waals surface area contributed by atoms with Crippen LogP contribution in [0.4, 0.5) is 5.82 Å². The molecule has 1 N–H and O–H groups in total. The summed E-state index contributed by atoms with van der Waals surface area (Å²) in [5.41, 5.74) is 0. The zero-order valence-corrected chi connectivity index (χ0v) is 11.0. The van der Waals surface area contributed by atoms with Crippen LogP contribution in [0.2, 0.25) is 5.02 Å². The molecule has 1 aromatic heterocycles. The van der Waals surface area contributed by atoms with E-state index in [0.717, 1.165) is 3.57 Å².